The van der Waals surface area contributed by atoms with Crippen LogP contribution < -0.4 is 10.2 Å². The maximum atomic E-state index is 12.6. The molecule has 0 spiro atoms. The van der Waals surface area contributed by atoms with E-state index in [2.05, 4.69) is 5.32 Å². The summed E-state index contributed by atoms with van der Waals surface area (Å²) < 4.78 is 0. The van der Waals surface area contributed by atoms with Gasteiger partial charge in [-0.15, -0.1) is 0 Å². The van der Waals surface area contributed by atoms with Gasteiger partial charge in [-0.3, -0.25) is 9.59 Å². The van der Waals surface area contributed by atoms with E-state index >= 15 is 0 Å². The largest absolute Gasteiger partial charge is 0.324 e. The van der Waals surface area contributed by atoms with Crippen LogP contribution in [-0.2, 0) is 9.59 Å². The molecule has 1 aromatic rings. The molecule has 1 fully saturated rings. The maximum absolute atomic E-state index is 12.6. The number of fused-ring (bicyclic) bond motifs is 1. The molecule has 1 saturated carbocycles. The fourth-order valence-electron chi connectivity index (χ4n) is 2.98. The second-order valence-electron chi connectivity index (χ2n) is 5.29. The number of hydrogen-bond acceptors (Lipinski definition) is 2. The van der Waals surface area contributed by atoms with Gasteiger partial charge in [0.1, 0.15) is 0 Å². The molecule has 4 nitrogen and oxygen atoms in total. The number of benzene rings is 1. The normalized spacial score (nSPS) is 19.8. The van der Waals surface area contributed by atoms with Crippen molar-refractivity contribution in [2.75, 3.05) is 16.8 Å². The Labute approximate surface area is 112 Å². The number of amides is 2. The molecule has 1 heterocycles. The van der Waals surface area contributed by atoms with Gasteiger partial charge in [0.25, 0.3) is 0 Å². The van der Waals surface area contributed by atoms with Gasteiger partial charge >= 0.3 is 0 Å². The van der Waals surface area contributed by atoms with Crippen LogP contribution in [0.5, 0.6) is 0 Å². The third-order valence-electron chi connectivity index (χ3n) is 4.00. The zero-order chi connectivity index (χ0) is 13.2. The summed E-state index contributed by atoms with van der Waals surface area (Å²) in [5, 5.41) is 2.86. The fourth-order valence-corrected chi connectivity index (χ4v) is 2.98. The molecule has 1 aromatic carbocycles. The number of nitrogens with zero attached hydrogens (tertiary/aromatic N) is 1. The van der Waals surface area contributed by atoms with E-state index in [1.165, 1.54) is 0 Å². The van der Waals surface area contributed by atoms with Crippen molar-refractivity contribution in [3.63, 3.8) is 0 Å². The summed E-state index contributed by atoms with van der Waals surface area (Å²) in [6.45, 7) is 0.484. The molecule has 2 aliphatic rings. The minimum absolute atomic E-state index is 0.0193. The Morgan fingerprint density at radius 1 is 1.21 bits per heavy atom. The highest BCUT2D eigenvalue weighted by molar-refractivity contribution is 6.04. The molecular weight excluding hydrogens is 240 g/mol. The highest BCUT2D eigenvalue weighted by Gasteiger charge is 2.30. The van der Waals surface area contributed by atoms with Crippen molar-refractivity contribution in [2.24, 2.45) is 5.92 Å². The molecule has 1 aliphatic heterocycles. The molecular formula is C15H18N2O2. The first-order valence-corrected chi connectivity index (χ1v) is 6.96. The SMILES string of the molecule is O=C1CCN(C(=O)C2CCCC2)c2ccccc2N1. The Morgan fingerprint density at radius 2 is 1.95 bits per heavy atom. The summed E-state index contributed by atoms with van der Waals surface area (Å²) in [6.07, 6.45) is 4.62. The zero-order valence-corrected chi connectivity index (χ0v) is 10.9. The standard InChI is InChI=1S/C15H18N2O2/c18-14-9-10-17(15(19)11-5-1-2-6-11)13-8-4-3-7-12(13)16-14/h3-4,7-8,11H,1-2,5-6,9-10H2,(H,16,18). The van der Waals surface area contributed by atoms with Crippen LogP contribution in [0.2, 0.25) is 0 Å². The predicted molar refractivity (Wildman–Crippen MR) is 74.0 cm³/mol. The molecule has 0 atom stereocenters. The highest BCUT2D eigenvalue weighted by Crippen LogP contribution is 2.33. The number of nitrogens with one attached hydrogen (secondary N) is 1. The molecule has 19 heavy (non-hydrogen) atoms. The van der Waals surface area contributed by atoms with E-state index in [1.54, 1.807) is 4.90 Å². The van der Waals surface area contributed by atoms with E-state index in [1.807, 2.05) is 24.3 Å². The fraction of sp³-hybridized carbons (Fsp3) is 0.467. The van der Waals surface area contributed by atoms with E-state index in [-0.39, 0.29) is 17.7 Å². The van der Waals surface area contributed by atoms with Crippen molar-refractivity contribution in [1.82, 2.24) is 0 Å². The Kier molecular flexibility index (Phi) is 3.23. The lowest BCUT2D eigenvalue weighted by Crippen LogP contribution is -2.36. The number of carbonyl (C=O) groups excluding carboxylic acids is 2. The summed E-state index contributed by atoms with van der Waals surface area (Å²) in [6, 6.07) is 7.55. The van der Waals surface area contributed by atoms with Crippen molar-refractivity contribution < 1.29 is 9.59 Å². The second kappa shape index (κ2) is 5.03. The van der Waals surface area contributed by atoms with E-state index in [0.717, 1.165) is 37.1 Å². The number of hydrogen-bond donors (Lipinski definition) is 1. The highest BCUT2D eigenvalue weighted by atomic mass is 16.2. The molecule has 0 bridgehead atoms. The second-order valence-corrected chi connectivity index (χ2v) is 5.29. The van der Waals surface area contributed by atoms with Gasteiger partial charge in [-0.25, -0.2) is 0 Å². The monoisotopic (exact) mass is 258 g/mol. The lowest BCUT2D eigenvalue weighted by molar-refractivity contribution is -0.122. The number of rotatable bonds is 1. The average Bonchev–Trinajstić information content (AvgIpc) is 2.89. The third kappa shape index (κ3) is 2.35. The van der Waals surface area contributed by atoms with Crippen molar-refractivity contribution in [3.05, 3.63) is 24.3 Å². The lowest BCUT2D eigenvalue weighted by Gasteiger charge is -2.25. The lowest BCUT2D eigenvalue weighted by atomic mass is 10.1. The molecule has 0 saturated heterocycles. The molecule has 2 amide bonds. The van der Waals surface area contributed by atoms with Gasteiger partial charge in [0.2, 0.25) is 11.8 Å². The van der Waals surface area contributed by atoms with E-state index < -0.39 is 0 Å². The first kappa shape index (κ1) is 12.2. The van der Waals surface area contributed by atoms with E-state index in [9.17, 15) is 9.59 Å². The quantitative estimate of drug-likeness (QED) is 0.841. The molecule has 0 radical (unpaired) electrons. The Morgan fingerprint density at radius 3 is 2.74 bits per heavy atom. The summed E-state index contributed by atoms with van der Waals surface area (Å²) in [7, 11) is 0. The van der Waals surface area contributed by atoms with Crippen LogP contribution in [0.15, 0.2) is 24.3 Å². The summed E-state index contributed by atoms with van der Waals surface area (Å²) in [4.78, 5) is 26.1. The minimum atomic E-state index is -0.0193. The van der Waals surface area contributed by atoms with Gasteiger partial charge in [-0.2, -0.15) is 0 Å². The van der Waals surface area contributed by atoms with Crippen LogP contribution >= 0.6 is 0 Å². The maximum Gasteiger partial charge on any atom is 0.230 e. The van der Waals surface area contributed by atoms with Gasteiger partial charge < -0.3 is 10.2 Å². The van der Waals surface area contributed by atoms with Gasteiger partial charge in [0.15, 0.2) is 0 Å². The average molecular weight is 258 g/mol. The smallest absolute Gasteiger partial charge is 0.230 e. The van der Waals surface area contributed by atoms with Crippen LogP contribution in [0.4, 0.5) is 11.4 Å². The summed E-state index contributed by atoms with van der Waals surface area (Å²) >= 11 is 0. The van der Waals surface area contributed by atoms with E-state index in [0.29, 0.717) is 13.0 Å². The predicted octanol–water partition coefficient (Wildman–Crippen LogP) is 2.55. The molecule has 100 valence electrons. The molecule has 0 unspecified atom stereocenters. The number of para-hydroxylation sites is 2. The van der Waals surface area contributed by atoms with Crippen molar-refractivity contribution >= 4 is 23.2 Å². The van der Waals surface area contributed by atoms with Gasteiger partial charge in [-0.1, -0.05) is 25.0 Å². The van der Waals surface area contributed by atoms with Crippen LogP contribution in [0.3, 0.4) is 0 Å². The molecule has 1 aliphatic carbocycles. The summed E-state index contributed by atoms with van der Waals surface area (Å²) in [5.74, 6) is 0.303. The van der Waals surface area contributed by atoms with Crippen LogP contribution in [-0.4, -0.2) is 18.4 Å². The van der Waals surface area contributed by atoms with Gasteiger partial charge in [-0.05, 0) is 25.0 Å². The Balaban J connectivity index is 1.92. The van der Waals surface area contributed by atoms with E-state index in [4.69, 9.17) is 0 Å². The van der Waals surface area contributed by atoms with Crippen LogP contribution in [0.1, 0.15) is 32.1 Å². The van der Waals surface area contributed by atoms with Crippen LogP contribution in [0.25, 0.3) is 0 Å². The zero-order valence-electron chi connectivity index (χ0n) is 10.9. The Hall–Kier alpha value is -1.84. The topological polar surface area (TPSA) is 49.4 Å². The first-order valence-electron chi connectivity index (χ1n) is 6.96. The van der Waals surface area contributed by atoms with Gasteiger partial charge in [0.05, 0.1) is 11.4 Å². The van der Waals surface area contributed by atoms with Crippen molar-refractivity contribution in [3.8, 4) is 0 Å². The number of carbonyl (C=O) groups is 2. The molecule has 3 rings (SSSR count). The minimum Gasteiger partial charge on any atom is -0.324 e. The van der Waals surface area contributed by atoms with Crippen molar-refractivity contribution in [1.29, 1.82) is 0 Å². The summed E-state index contributed by atoms with van der Waals surface area (Å²) in [5.41, 5.74) is 1.58. The first-order chi connectivity index (χ1) is 9.25. The number of anilines is 2. The van der Waals surface area contributed by atoms with Gasteiger partial charge in [0, 0.05) is 18.9 Å². The Bertz CT molecular complexity index is 507. The molecule has 4 heteroatoms. The van der Waals surface area contributed by atoms with Crippen molar-refractivity contribution in [2.45, 2.75) is 32.1 Å². The molecule has 0 aromatic heterocycles. The third-order valence-corrected chi connectivity index (χ3v) is 4.00. The van der Waals surface area contributed by atoms with Crippen LogP contribution in [0, 0.1) is 5.92 Å². The molecule has 1 N–H and O–H groups in total.